The summed E-state index contributed by atoms with van der Waals surface area (Å²) in [7, 11) is 0. The fourth-order valence-electron chi connectivity index (χ4n) is 3.44. The van der Waals surface area contributed by atoms with Gasteiger partial charge in [-0.1, -0.05) is 51.1 Å². The molecule has 0 aromatic heterocycles. The van der Waals surface area contributed by atoms with Gasteiger partial charge in [0.25, 0.3) is 0 Å². The van der Waals surface area contributed by atoms with Crippen molar-refractivity contribution in [3.8, 4) is 23.0 Å². The van der Waals surface area contributed by atoms with Crippen LogP contribution in [0.5, 0.6) is 23.0 Å². The van der Waals surface area contributed by atoms with E-state index in [1.165, 1.54) is 16.7 Å². The Morgan fingerprint density at radius 2 is 1.36 bits per heavy atom. The average Bonchev–Trinajstić information content (AvgIpc) is 3.17. The van der Waals surface area contributed by atoms with Gasteiger partial charge in [0.05, 0.1) is 0 Å². The van der Waals surface area contributed by atoms with E-state index in [2.05, 4.69) is 57.2 Å². The van der Waals surface area contributed by atoms with Crippen molar-refractivity contribution in [1.29, 1.82) is 0 Å². The molecule has 0 N–H and O–H groups in total. The Morgan fingerprint density at radius 3 is 2.04 bits per heavy atom. The minimum atomic E-state index is 0.314. The molecular weight excluding hydrogens is 348 g/mol. The molecule has 1 aliphatic heterocycles. The van der Waals surface area contributed by atoms with Crippen LogP contribution < -0.4 is 14.2 Å². The zero-order chi connectivity index (χ0) is 19.5. The molecule has 0 aliphatic carbocycles. The van der Waals surface area contributed by atoms with Gasteiger partial charge in [-0.25, -0.2) is 0 Å². The van der Waals surface area contributed by atoms with Crippen LogP contribution in [-0.2, 0) is 6.42 Å². The van der Waals surface area contributed by atoms with Crippen LogP contribution in [0, 0.1) is 0 Å². The van der Waals surface area contributed by atoms with Crippen molar-refractivity contribution in [2.45, 2.75) is 39.0 Å². The van der Waals surface area contributed by atoms with Crippen LogP contribution in [0.2, 0.25) is 0 Å². The number of hydrogen-bond acceptors (Lipinski definition) is 3. The summed E-state index contributed by atoms with van der Waals surface area (Å²) in [5.41, 5.74) is 3.86. The molecule has 0 bridgehead atoms. The monoisotopic (exact) mass is 374 g/mol. The van der Waals surface area contributed by atoms with E-state index in [-0.39, 0.29) is 0 Å². The zero-order valence-electron chi connectivity index (χ0n) is 16.6. The van der Waals surface area contributed by atoms with Crippen LogP contribution in [0.1, 0.15) is 49.3 Å². The lowest BCUT2D eigenvalue weighted by Gasteiger charge is -2.13. The van der Waals surface area contributed by atoms with Gasteiger partial charge >= 0.3 is 0 Å². The lowest BCUT2D eigenvalue weighted by atomic mass is 9.93. The predicted molar refractivity (Wildman–Crippen MR) is 112 cm³/mol. The average molecular weight is 374 g/mol. The Hall–Kier alpha value is -2.94. The SMILES string of the molecule is CC(C)c1ccc(Oc2ccc(CC(C)c3ccc4c(c3)OCO4)cc2)cc1. The van der Waals surface area contributed by atoms with Crippen molar-refractivity contribution < 1.29 is 14.2 Å². The Balaban J connectivity index is 1.39. The molecule has 1 unspecified atom stereocenters. The Labute approximate surface area is 166 Å². The Morgan fingerprint density at radius 1 is 0.750 bits per heavy atom. The first-order valence-corrected chi connectivity index (χ1v) is 9.85. The second-order valence-corrected chi connectivity index (χ2v) is 7.69. The van der Waals surface area contributed by atoms with Gasteiger partial charge < -0.3 is 14.2 Å². The lowest BCUT2D eigenvalue weighted by molar-refractivity contribution is 0.174. The molecule has 4 rings (SSSR count). The molecule has 3 heteroatoms. The number of ether oxygens (including phenoxy) is 3. The van der Waals surface area contributed by atoms with Gasteiger partial charge in [0.15, 0.2) is 11.5 Å². The maximum atomic E-state index is 5.98. The number of fused-ring (bicyclic) bond motifs is 1. The van der Waals surface area contributed by atoms with Crippen molar-refractivity contribution in [3.05, 3.63) is 83.4 Å². The molecule has 1 atom stereocenters. The normalized spacial score (nSPS) is 13.6. The van der Waals surface area contributed by atoms with E-state index in [4.69, 9.17) is 14.2 Å². The first-order valence-electron chi connectivity index (χ1n) is 9.85. The summed E-state index contributed by atoms with van der Waals surface area (Å²) in [6.07, 6.45) is 0.961. The highest BCUT2D eigenvalue weighted by Crippen LogP contribution is 2.35. The van der Waals surface area contributed by atoms with Crippen LogP contribution in [0.15, 0.2) is 66.7 Å². The molecule has 3 nitrogen and oxygen atoms in total. The molecule has 0 amide bonds. The molecule has 0 saturated carbocycles. The quantitative estimate of drug-likeness (QED) is 0.482. The highest BCUT2D eigenvalue weighted by atomic mass is 16.7. The van der Waals surface area contributed by atoms with E-state index in [9.17, 15) is 0 Å². The summed E-state index contributed by atoms with van der Waals surface area (Å²) in [4.78, 5) is 0. The third-order valence-electron chi connectivity index (χ3n) is 5.21. The molecule has 1 heterocycles. The number of hydrogen-bond donors (Lipinski definition) is 0. The van der Waals surface area contributed by atoms with Gasteiger partial charge in [-0.05, 0) is 71.3 Å². The highest BCUT2D eigenvalue weighted by Gasteiger charge is 2.16. The summed E-state index contributed by atoms with van der Waals surface area (Å²) in [5.74, 6) is 4.32. The number of benzene rings is 3. The summed E-state index contributed by atoms with van der Waals surface area (Å²) >= 11 is 0. The molecule has 144 valence electrons. The van der Waals surface area contributed by atoms with Gasteiger partial charge in [0.1, 0.15) is 11.5 Å². The van der Waals surface area contributed by atoms with Crippen LogP contribution in [0.3, 0.4) is 0 Å². The van der Waals surface area contributed by atoms with Crippen molar-refractivity contribution in [1.82, 2.24) is 0 Å². The van der Waals surface area contributed by atoms with Crippen molar-refractivity contribution in [3.63, 3.8) is 0 Å². The van der Waals surface area contributed by atoms with Crippen molar-refractivity contribution >= 4 is 0 Å². The minimum absolute atomic E-state index is 0.314. The van der Waals surface area contributed by atoms with Crippen LogP contribution in [0.4, 0.5) is 0 Å². The molecule has 0 spiro atoms. The molecule has 1 aliphatic rings. The summed E-state index contributed by atoms with van der Waals surface area (Å²) in [6.45, 7) is 6.94. The Bertz CT molecular complexity index is 927. The van der Waals surface area contributed by atoms with Gasteiger partial charge in [-0.15, -0.1) is 0 Å². The predicted octanol–water partition coefficient (Wildman–Crippen LogP) is 6.68. The summed E-state index contributed by atoms with van der Waals surface area (Å²) in [6, 6.07) is 22.9. The maximum absolute atomic E-state index is 5.98. The maximum Gasteiger partial charge on any atom is 0.231 e. The molecule has 0 saturated heterocycles. The molecular formula is C25H26O3. The van der Waals surface area contributed by atoms with Gasteiger partial charge in [0, 0.05) is 0 Å². The molecule has 0 radical (unpaired) electrons. The first kappa shape index (κ1) is 18.4. The van der Waals surface area contributed by atoms with E-state index < -0.39 is 0 Å². The topological polar surface area (TPSA) is 27.7 Å². The lowest BCUT2D eigenvalue weighted by Crippen LogP contribution is -1.98. The van der Waals surface area contributed by atoms with Crippen LogP contribution in [0.25, 0.3) is 0 Å². The summed E-state index contributed by atoms with van der Waals surface area (Å²) in [5, 5.41) is 0. The molecule has 3 aromatic carbocycles. The van der Waals surface area contributed by atoms with E-state index in [1.807, 2.05) is 30.3 Å². The van der Waals surface area contributed by atoms with E-state index >= 15 is 0 Å². The molecule has 3 aromatic rings. The second kappa shape index (κ2) is 7.97. The fourth-order valence-corrected chi connectivity index (χ4v) is 3.44. The molecule has 0 fully saturated rings. The third-order valence-corrected chi connectivity index (χ3v) is 5.21. The largest absolute Gasteiger partial charge is 0.457 e. The molecule has 28 heavy (non-hydrogen) atoms. The first-order chi connectivity index (χ1) is 13.6. The zero-order valence-corrected chi connectivity index (χ0v) is 16.6. The third kappa shape index (κ3) is 4.14. The van der Waals surface area contributed by atoms with E-state index in [0.29, 0.717) is 18.6 Å². The minimum Gasteiger partial charge on any atom is -0.457 e. The van der Waals surface area contributed by atoms with Crippen LogP contribution in [-0.4, -0.2) is 6.79 Å². The van der Waals surface area contributed by atoms with E-state index in [1.54, 1.807) is 0 Å². The van der Waals surface area contributed by atoms with Crippen LogP contribution >= 0.6 is 0 Å². The Kier molecular flexibility index (Phi) is 5.25. The fraction of sp³-hybridized carbons (Fsp3) is 0.280. The number of rotatable bonds is 6. The summed E-state index contributed by atoms with van der Waals surface area (Å²) < 4.78 is 16.9. The standard InChI is InChI=1S/C25H26O3/c1-17(2)20-6-11-23(12-7-20)28-22-9-4-19(5-10-22)14-18(3)21-8-13-24-25(15-21)27-16-26-24/h4-13,15,17-18H,14,16H2,1-3H3. The second-order valence-electron chi connectivity index (χ2n) is 7.69. The van der Waals surface area contributed by atoms with Gasteiger partial charge in [-0.2, -0.15) is 0 Å². The van der Waals surface area contributed by atoms with Crippen molar-refractivity contribution in [2.24, 2.45) is 0 Å². The van der Waals surface area contributed by atoms with E-state index in [0.717, 1.165) is 29.4 Å². The van der Waals surface area contributed by atoms with Crippen molar-refractivity contribution in [2.75, 3.05) is 6.79 Å². The van der Waals surface area contributed by atoms with Gasteiger partial charge in [-0.3, -0.25) is 0 Å². The van der Waals surface area contributed by atoms with Gasteiger partial charge in [0.2, 0.25) is 6.79 Å². The highest BCUT2D eigenvalue weighted by molar-refractivity contribution is 5.45. The smallest absolute Gasteiger partial charge is 0.231 e.